The van der Waals surface area contributed by atoms with Gasteiger partial charge in [0.2, 0.25) is 0 Å². The molecule has 14 heavy (non-hydrogen) atoms. The summed E-state index contributed by atoms with van der Waals surface area (Å²) < 4.78 is 0. The van der Waals surface area contributed by atoms with Crippen molar-refractivity contribution < 1.29 is 4.79 Å². The smallest absolute Gasteiger partial charge is 0.148 e. The van der Waals surface area contributed by atoms with E-state index in [1.54, 1.807) is 0 Å². The van der Waals surface area contributed by atoms with Gasteiger partial charge in [-0.2, -0.15) is 0 Å². The van der Waals surface area contributed by atoms with Gasteiger partial charge in [0.25, 0.3) is 0 Å². The minimum atomic E-state index is 0.340. The number of ketones is 1. The number of carbonyl (C=O) groups is 1. The topological polar surface area (TPSA) is 20.3 Å². The molecule has 0 radical (unpaired) electrons. The molecule has 2 nitrogen and oxygen atoms in total. The standard InChI is InChI=1S/C11H12ClNO/c12-10-3-1-2-9(6-10)7-13-5-4-11(14)8-13/h1-3,6H,4-5,7-8H2. The summed E-state index contributed by atoms with van der Waals surface area (Å²) in [5, 5.41) is 0.757. The van der Waals surface area contributed by atoms with Crippen LogP contribution in [0.1, 0.15) is 12.0 Å². The van der Waals surface area contributed by atoms with Crippen molar-refractivity contribution in [3.8, 4) is 0 Å². The first-order valence-corrected chi connectivity index (χ1v) is 5.10. The number of carbonyl (C=O) groups excluding carboxylic acids is 1. The molecule has 1 aromatic rings. The maximum atomic E-state index is 11.0. The third kappa shape index (κ3) is 2.34. The van der Waals surface area contributed by atoms with Gasteiger partial charge in [-0.1, -0.05) is 23.7 Å². The van der Waals surface area contributed by atoms with Gasteiger partial charge in [-0.15, -0.1) is 0 Å². The van der Waals surface area contributed by atoms with Crippen LogP contribution in [0, 0.1) is 0 Å². The van der Waals surface area contributed by atoms with E-state index in [2.05, 4.69) is 4.90 Å². The molecule has 1 aliphatic heterocycles. The first-order chi connectivity index (χ1) is 6.74. The fourth-order valence-electron chi connectivity index (χ4n) is 1.72. The molecule has 1 aromatic carbocycles. The van der Waals surface area contributed by atoms with Crippen molar-refractivity contribution in [2.24, 2.45) is 0 Å². The fourth-order valence-corrected chi connectivity index (χ4v) is 1.93. The van der Waals surface area contributed by atoms with E-state index in [4.69, 9.17) is 11.6 Å². The normalized spacial score (nSPS) is 17.6. The van der Waals surface area contributed by atoms with E-state index >= 15 is 0 Å². The maximum absolute atomic E-state index is 11.0. The number of Topliss-reactive ketones (excluding diaryl/α,β-unsaturated/α-hetero) is 1. The van der Waals surface area contributed by atoms with Crippen LogP contribution in [0.3, 0.4) is 0 Å². The van der Waals surface area contributed by atoms with E-state index in [9.17, 15) is 4.79 Å². The molecule has 2 rings (SSSR count). The third-order valence-electron chi connectivity index (χ3n) is 2.40. The van der Waals surface area contributed by atoms with Crippen LogP contribution in [0.5, 0.6) is 0 Å². The number of benzene rings is 1. The predicted molar refractivity (Wildman–Crippen MR) is 56.4 cm³/mol. The van der Waals surface area contributed by atoms with Crippen LogP contribution in [0.25, 0.3) is 0 Å². The van der Waals surface area contributed by atoms with Gasteiger partial charge in [-0.05, 0) is 17.7 Å². The average molecular weight is 210 g/mol. The molecule has 1 heterocycles. The molecule has 0 amide bonds. The Morgan fingerprint density at radius 1 is 1.43 bits per heavy atom. The van der Waals surface area contributed by atoms with E-state index in [0.717, 1.165) is 18.1 Å². The van der Waals surface area contributed by atoms with Crippen molar-refractivity contribution in [1.82, 2.24) is 4.90 Å². The fraction of sp³-hybridized carbons (Fsp3) is 0.364. The highest BCUT2D eigenvalue weighted by atomic mass is 35.5. The largest absolute Gasteiger partial charge is 0.298 e. The lowest BCUT2D eigenvalue weighted by Crippen LogP contribution is -2.19. The van der Waals surface area contributed by atoms with Gasteiger partial charge in [-0.25, -0.2) is 0 Å². The molecule has 0 aliphatic carbocycles. The van der Waals surface area contributed by atoms with Gasteiger partial charge >= 0.3 is 0 Å². The van der Waals surface area contributed by atoms with Crippen LogP contribution in [0.4, 0.5) is 0 Å². The molecule has 1 fully saturated rings. The van der Waals surface area contributed by atoms with Crippen molar-refractivity contribution in [3.63, 3.8) is 0 Å². The second kappa shape index (κ2) is 4.11. The van der Waals surface area contributed by atoms with E-state index < -0.39 is 0 Å². The van der Waals surface area contributed by atoms with Gasteiger partial charge < -0.3 is 0 Å². The summed E-state index contributed by atoms with van der Waals surface area (Å²) in [6, 6.07) is 7.79. The number of hydrogen-bond donors (Lipinski definition) is 0. The summed E-state index contributed by atoms with van der Waals surface area (Å²) in [7, 11) is 0. The predicted octanol–water partition coefficient (Wildman–Crippen LogP) is 2.11. The Hall–Kier alpha value is -0.860. The zero-order valence-corrected chi connectivity index (χ0v) is 8.63. The number of likely N-dealkylation sites (tertiary alicyclic amines) is 1. The van der Waals surface area contributed by atoms with Crippen molar-refractivity contribution in [3.05, 3.63) is 34.9 Å². The first kappa shape index (κ1) is 9.69. The quantitative estimate of drug-likeness (QED) is 0.744. The van der Waals surface area contributed by atoms with Crippen LogP contribution in [-0.2, 0) is 11.3 Å². The second-order valence-electron chi connectivity index (χ2n) is 3.63. The number of hydrogen-bond acceptors (Lipinski definition) is 2. The Labute approximate surface area is 88.5 Å². The molecule has 0 unspecified atom stereocenters. The molecule has 1 aliphatic rings. The lowest BCUT2D eigenvalue weighted by Gasteiger charge is -2.13. The average Bonchev–Trinajstić information content (AvgIpc) is 2.51. The summed E-state index contributed by atoms with van der Waals surface area (Å²) in [4.78, 5) is 13.2. The summed E-state index contributed by atoms with van der Waals surface area (Å²) in [6.45, 7) is 2.30. The Bertz CT molecular complexity index is 351. The van der Waals surface area contributed by atoms with Gasteiger partial charge in [0.05, 0.1) is 6.54 Å². The summed E-state index contributed by atoms with van der Waals surface area (Å²) in [5.74, 6) is 0.340. The summed E-state index contributed by atoms with van der Waals surface area (Å²) in [6.07, 6.45) is 0.695. The molecule has 0 aromatic heterocycles. The number of nitrogens with zero attached hydrogens (tertiary/aromatic N) is 1. The van der Waals surface area contributed by atoms with Crippen molar-refractivity contribution >= 4 is 17.4 Å². The lowest BCUT2D eigenvalue weighted by atomic mass is 10.2. The van der Waals surface area contributed by atoms with E-state index in [1.165, 1.54) is 5.56 Å². The Morgan fingerprint density at radius 2 is 2.29 bits per heavy atom. The highest BCUT2D eigenvalue weighted by Crippen LogP contribution is 2.14. The third-order valence-corrected chi connectivity index (χ3v) is 2.64. The van der Waals surface area contributed by atoms with Crippen LogP contribution < -0.4 is 0 Å². The molecule has 1 saturated heterocycles. The van der Waals surface area contributed by atoms with Crippen LogP contribution in [-0.4, -0.2) is 23.8 Å². The first-order valence-electron chi connectivity index (χ1n) is 4.72. The van der Waals surface area contributed by atoms with E-state index in [0.29, 0.717) is 18.7 Å². The minimum absolute atomic E-state index is 0.340. The minimum Gasteiger partial charge on any atom is -0.298 e. The van der Waals surface area contributed by atoms with Crippen LogP contribution in [0.15, 0.2) is 24.3 Å². The Balaban J connectivity index is 2.00. The monoisotopic (exact) mass is 209 g/mol. The SMILES string of the molecule is O=C1CCN(Cc2cccc(Cl)c2)C1. The number of halogens is 1. The molecule has 0 spiro atoms. The Kier molecular flexibility index (Phi) is 2.85. The molecular formula is C11H12ClNO. The summed E-state index contributed by atoms with van der Waals surface area (Å²) >= 11 is 5.87. The zero-order chi connectivity index (χ0) is 9.97. The van der Waals surface area contributed by atoms with Gasteiger partial charge in [0.1, 0.15) is 5.78 Å². The Morgan fingerprint density at radius 3 is 2.93 bits per heavy atom. The molecule has 0 atom stereocenters. The second-order valence-corrected chi connectivity index (χ2v) is 4.07. The highest BCUT2D eigenvalue weighted by molar-refractivity contribution is 6.30. The number of rotatable bonds is 2. The van der Waals surface area contributed by atoms with Gasteiger partial charge in [0.15, 0.2) is 0 Å². The summed E-state index contributed by atoms with van der Waals surface area (Å²) in [5.41, 5.74) is 1.17. The molecule has 0 bridgehead atoms. The molecule has 3 heteroatoms. The highest BCUT2D eigenvalue weighted by Gasteiger charge is 2.18. The van der Waals surface area contributed by atoms with Crippen LogP contribution >= 0.6 is 11.6 Å². The zero-order valence-electron chi connectivity index (χ0n) is 7.87. The van der Waals surface area contributed by atoms with E-state index in [-0.39, 0.29) is 0 Å². The molecule has 0 N–H and O–H groups in total. The van der Waals surface area contributed by atoms with E-state index in [1.807, 2.05) is 24.3 Å². The van der Waals surface area contributed by atoms with Crippen LogP contribution in [0.2, 0.25) is 5.02 Å². The lowest BCUT2D eigenvalue weighted by molar-refractivity contribution is -0.116. The van der Waals surface area contributed by atoms with Crippen molar-refractivity contribution in [1.29, 1.82) is 0 Å². The molecule has 0 saturated carbocycles. The molecular weight excluding hydrogens is 198 g/mol. The van der Waals surface area contributed by atoms with Crippen molar-refractivity contribution in [2.45, 2.75) is 13.0 Å². The van der Waals surface area contributed by atoms with Crippen molar-refractivity contribution in [2.75, 3.05) is 13.1 Å². The van der Waals surface area contributed by atoms with Gasteiger partial charge in [-0.3, -0.25) is 9.69 Å². The van der Waals surface area contributed by atoms with Gasteiger partial charge in [0, 0.05) is 24.5 Å². The molecule has 74 valence electrons. The maximum Gasteiger partial charge on any atom is 0.148 e.